The molecular weight excluding hydrogens is 236 g/mol. The zero-order chi connectivity index (χ0) is 12.1. The van der Waals surface area contributed by atoms with Crippen LogP contribution in [0.1, 0.15) is 25.7 Å². The second-order valence-corrected chi connectivity index (χ2v) is 6.15. The van der Waals surface area contributed by atoms with Crippen LogP contribution in [0.15, 0.2) is 0 Å². The van der Waals surface area contributed by atoms with Gasteiger partial charge in [-0.3, -0.25) is 4.79 Å². The van der Waals surface area contributed by atoms with Crippen LogP contribution in [-0.4, -0.2) is 49.3 Å². The lowest BCUT2D eigenvalue weighted by Crippen LogP contribution is -2.50. The fraction of sp³-hybridized carbons (Fsp3) is 0.917. The van der Waals surface area contributed by atoms with E-state index < -0.39 is 0 Å². The van der Waals surface area contributed by atoms with Crippen molar-refractivity contribution in [3.05, 3.63) is 0 Å². The van der Waals surface area contributed by atoms with Crippen LogP contribution >= 0.6 is 11.8 Å². The Morgan fingerprint density at radius 3 is 2.88 bits per heavy atom. The molecule has 1 atom stereocenters. The van der Waals surface area contributed by atoms with Gasteiger partial charge in [-0.2, -0.15) is 11.8 Å². The number of rotatable bonds is 4. The first-order valence-electron chi connectivity index (χ1n) is 6.41. The number of amides is 1. The minimum absolute atomic E-state index is 0.0394. The molecule has 2 fully saturated rings. The van der Waals surface area contributed by atoms with Gasteiger partial charge in [0.15, 0.2) is 0 Å². The monoisotopic (exact) mass is 258 g/mol. The summed E-state index contributed by atoms with van der Waals surface area (Å²) in [6.45, 7) is 2.90. The quantitative estimate of drug-likeness (QED) is 0.782. The Kier molecular flexibility index (Phi) is 4.70. The van der Waals surface area contributed by atoms with E-state index in [-0.39, 0.29) is 16.8 Å². The van der Waals surface area contributed by atoms with E-state index >= 15 is 0 Å². The largest absolute Gasteiger partial charge is 0.366 e. The van der Waals surface area contributed by atoms with Crippen molar-refractivity contribution in [2.45, 2.75) is 36.5 Å². The fourth-order valence-corrected chi connectivity index (χ4v) is 3.48. The standard InChI is InChI=1S/C12H22N2O2S/c1-17-12(4-2-3-5-12)9-14-11(15)10-8-13-6-7-16-10/h10,13H,2-9H2,1H3,(H,14,15). The molecule has 1 aliphatic heterocycles. The van der Waals surface area contributed by atoms with Crippen molar-refractivity contribution in [2.75, 3.05) is 32.5 Å². The van der Waals surface area contributed by atoms with E-state index in [9.17, 15) is 4.79 Å². The molecule has 0 aromatic heterocycles. The van der Waals surface area contributed by atoms with Crippen LogP contribution < -0.4 is 10.6 Å². The van der Waals surface area contributed by atoms with Gasteiger partial charge in [-0.05, 0) is 19.1 Å². The second-order valence-electron chi connectivity index (χ2n) is 4.88. The molecule has 1 amide bonds. The average molecular weight is 258 g/mol. The van der Waals surface area contributed by atoms with Crippen LogP contribution in [0.3, 0.4) is 0 Å². The Morgan fingerprint density at radius 2 is 2.29 bits per heavy atom. The molecule has 1 saturated carbocycles. The molecule has 17 heavy (non-hydrogen) atoms. The average Bonchev–Trinajstić information content (AvgIpc) is 2.86. The highest BCUT2D eigenvalue weighted by molar-refractivity contribution is 8.00. The van der Waals surface area contributed by atoms with Crippen molar-refractivity contribution in [1.29, 1.82) is 0 Å². The smallest absolute Gasteiger partial charge is 0.250 e. The Balaban J connectivity index is 1.78. The third kappa shape index (κ3) is 3.36. The number of morpholine rings is 1. The highest BCUT2D eigenvalue weighted by atomic mass is 32.2. The number of ether oxygens (including phenoxy) is 1. The molecule has 0 aromatic rings. The van der Waals surface area contributed by atoms with Gasteiger partial charge in [0.2, 0.25) is 0 Å². The van der Waals surface area contributed by atoms with Gasteiger partial charge in [0.05, 0.1) is 6.61 Å². The van der Waals surface area contributed by atoms with Crippen molar-refractivity contribution in [1.82, 2.24) is 10.6 Å². The van der Waals surface area contributed by atoms with E-state index in [0.717, 1.165) is 13.1 Å². The van der Waals surface area contributed by atoms with Gasteiger partial charge in [0.25, 0.3) is 5.91 Å². The lowest BCUT2D eigenvalue weighted by Gasteiger charge is -2.29. The molecule has 0 aromatic carbocycles. The summed E-state index contributed by atoms with van der Waals surface area (Å²) in [6, 6.07) is 0. The predicted molar refractivity (Wildman–Crippen MR) is 70.3 cm³/mol. The van der Waals surface area contributed by atoms with Crippen molar-refractivity contribution in [3.8, 4) is 0 Å². The van der Waals surface area contributed by atoms with E-state index in [2.05, 4.69) is 16.9 Å². The normalized spacial score (nSPS) is 27.9. The van der Waals surface area contributed by atoms with Gasteiger partial charge >= 0.3 is 0 Å². The van der Waals surface area contributed by atoms with E-state index in [1.807, 2.05) is 11.8 Å². The van der Waals surface area contributed by atoms with Gasteiger partial charge in [0, 0.05) is 24.4 Å². The SMILES string of the molecule is CSC1(CNC(=O)C2CNCCO2)CCCC1. The molecule has 1 heterocycles. The first-order chi connectivity index (χ1) is 8.26. The van der Waals surface area contributed by atoms with Crippen LogP contribution in [0.25, 0.3) is 0 Å². The third-order valence-electron chi connectivity index (χ3n) is 3.75. The molecule has 0 bridgehead atoms. The van der Waals surface area contributed by atoms with Gasteiger partial charge in [-0.25, -0.2) is 0 Å². The van der Waals surface area contributed by atoms with Crippen molar-refractivity contribution in [2.24, 2.45) is 0 Å². The van der Waals surface area contributed by atoms with Gasteiger partial charge in [0.1, 0.15) is 6.10 Å². The predicted octanol–water partition coefficient (Wildman–Crippen LogP) is 0.767. The molecule has 1 unspecified atom stereocenters. The number of thioether (sulfide) groups is 1. The molecule has 0 radical (unpaired) electrons. The van der Waals surface area contributed by atoms with Crippen molar-refractivity contribution in [3.63, 3.8) is 0 Å². The lowest BCUT2D eigenvalue weighted by molar-refractivity contribution is -0.134. The van der Waals surface area contributed by atoms with Gasteiger partial charge in [-0.1, -0.05) is 12.8 Å². The molecule has 0 spiro atoms. The summed E-state index contributed by atoms with van der Waals surface area (Å²) >= 11 is 1.90. The van der Waals surface area contributed by atoms with Crippen LogP contribution in [-0.2, 0) is 9.53 Å². The maximum atomic E-state index is 11.9. The summed E-state index contributed by atoms with van der Waals surface area (Å²) in [4.78, 5) is 11.9. The lowest BCUT2D eigenvalue weighted by atomic mass is 10.1. The maximum absolute atomic E-state index is 11.9. The maximum Gasteiger partial charge on any atom is 0.250 e. The second kappa shape index (κ2) is 6.07. The van der Waals surface area contributed by atoms with Crippen LogP contribution in [0.2, 0.25) is 0 Å². The number of hydrogen-bond donors (Lipinski definition) is 2. The molecule has 2 aliphatic rings. The molecule has 1 saturated heterocycles. The minimum atomic E-state index is -0.302. The zero-order valence-electron chi connectivity index (χ0n) is 10.5. The molecule has 2 rings (SSSR count). The molecule has 5 heteroatoms. The Bertz CT molecular complexity index is 261. The number of carbonyl (C=O) groups excluding carboxylic acids is 1. The number of hydrogen-bond acceptors (Lipinski definition) is 4. The summed E-state index contributed by atoms with van der Waals surface area (Å²) < 4.78 is 5.72. The highest BCUT2D eigenvalue weighted by Gasteiger charge is 2.34. The number of carbonyl (C=O) groups is 1. The minimum Gasteiger partial charge on any atom is -0.366 e. The van der Waals surface area contributed by atoms with Crippen molar-refractivity contribution >= 4 is 17.7 Å². The summed E-state index contributed by atoms with van der Waals surface area (Å²) in [5.41, 5.74) is 0. The summed E-state index contributed by atoms with van der Waals surface area (Å²) in [7, 11) is 0. The summed E-state index contributed by atoms with van der Waals surface area (Å²) in [6.07, 6.45) is 6.87. The first-order valence-corrected chi connectivity index (χ1v) is 7.63. The van der Waals surface area contributed by atoms with E-state index in [4.69, 9.17) is 4.74 Å². The van der Waals surface area contributed by atoms with Gasteiger partial charge < -0.3 is 15.4 Å². The molecule has 4 nitrogen and oxygen atoms in total. The molecule has 2 N–H and O–H groups in total. The van der Waals surface area contributed by atoms with Crippen molar-refractivity contribution < 1.29 is 9.53 Å². The first kappa shape index (κ1) is 13.2. The van der Waals surface area contributed by atoms with Gasteiger partial charge in [-0.15, -0.1) is 0 Å². The summed E-state index contributed by atoms with van der Waals surface area (Å²) in [5.74, 6) is 0.0394. The third-order valence-corrected chi connectivity index (χ3v) is 5.17. The topological polar surface area (TPSA) is 50.4 Å². The Hall–Kier alpha value is -0.260. The Morgan fingerprint density at radius 1 is 1.53 bits per heavy atom. The van der Waals surface area contributed by atoms with Crippen LogP contribution in [0, 0.1) is 0 Å². The van der Waals surface area contributed by atoms with E-state index in [1.165, 1.54) is 25.7 Å². The summed E-state index contributed by atoms with van der Waals surface area (Å²) in [5, 5.41) is 6.24. The highest BCUT2D eigenvalue weighted by Crippen LogP contribution is 2.39. The Labute approximate surface area is 107 Å². The molecule has 98 valence electrons. The van der Waals surface area contributed by atoms with E-state index in [1.54, 1.807) is 0 Å². The van der Waals surface area contributed by atoms with Crippen LogP contribution in [0.4, 0.5) is 0 Å². The number of nitrogens with one attached hydrogen (secondary N) is 2. The van der Waals surface area contributed by atoms with Crippen LogP contribution in [0.5, 0.6) is 0 Å². The fourth-order valence-electron chi connectivity index (χ4n) is 2.57. The molecule has 1 aliphatic carbocycles. The zero-order valence-corrected chi connectivity index (χ0v) is 11.3. The molecular formula is C12H22N2O2S. The van der Waals surface area contributed by atoms with E-state index in [0.29, 0.717) is 13.2 Å².